The first kappa shape index (κ1) is 15.2. The number of amides is 1. The van der Waals surface area contributed by atoms with E-state index in [-0.39, 0.29) is 5.91 Å². The second kappa shape index (κ2) is 6.20. The summed E-state index contributed by atoms with van der Waals surface area (Å²) in [6.45, 7) is 3.28. The first-order valence-corrected chi connectivity index (χ1v) is 7.53. The minimum atomic E-state index is -0.00654. The van der Waals surface area contributed by atoms with Gasteiger partial charge in [0.2, 0.25) is 11.9 Å². The Hall–Kier alpha value is -2.70. The molecular weight excluding hydrogens is 292 g/mol. The highest BCUT2D eigenvalue weighted by Gasteiger charge is 2.22. The summed E-state index contributed by atoms with van der Waals surface area (Å²) in [6, 6.07) is 0. The smallest absolute Gasteiger partial charge is 0.246 e. The molecule has 0 spiro atoms. The van der Waals surface area contributed by atoms with Crippen molar-refractivity contribution in [2.24, 2.45) is 0 Å². The molecular formula is C16H20N6O. The van der Waals surface area contributed by atoms with Crippen molar-refractivity contribution in [2.75, 3.05) is 25.5 Å². The van der Waals surface area contributed by atoms with Crippen molar-refractivity contribution in [3.05, 3.63) is 41.0 Å². The van der Waals surface area contributed by atoms with Gasteiger partial charge in [0.15, 0.2) is 0 Å². The molecule has 0 bridgehead atoms. The van der Waals surface area contributed by atoms with Crippen LogP contribution in [-0.2, 0) is 17.8 Å². The molecule has 2 aromatic heterocycles. The monoisotopic (exact) mass is 312 g/mol. The van der Waals surface area contributed by atoms with E-state index < -0.39 is 0 Å². The van der Waals surface area contributed by atoms with Crippen LogP contribution in [0, 0.1) is 6.92 Å². The number of aromatic nitrogens is 4. The average Bonchev–Trinajstić information content (AvgIpc) is 2.93. The molecule has 23 heavy (non-hydrogen) atoms. The number of rotatable bonds is 3. The summed E-state index contributed by atoms with van der Waals surface area (Å²) >= 11 is 0. The van der Waals surface area contributed by atoms with Gasteiger partial charge in [-0.1, -0.05) is 0 Å². The molecule has 0 saturated carbocycles. The maximum atomic E-state index is 12.3. The standard InChI is InChI=1S/C16H20N6O/c1-11-13-10-22(7-6-14(13)20-19-11)15(23)5-4-12-8-17-16(18-9-12)21(2)3/h4-5,8-9H,6-7,10H2,1-3H3,(H,19,20). The lowest BCUT2D eigenvalue weighted by Crippen LogP contribution is -2.34. The molecule has 3 heterocycles. The fraction of sp³-hybridized carbons (Fsp3) is 0.375. The van der Waals surface area contributed by atoms with Crippen LogP contribution in [0.3, 0.4) is 0 Å². The van der Waals surface area contributed by atoms with Gasteiger partial charge in [0.25, 0.3) is 0 Å². The van der Waals surface area contributed by atoms with Gasteiger partial charge in [0, 0.05) is 68.9 Å². The zero-order valence-corrected chi connectivity index (χ0v) is 13.6. The molecule has 0 unspecified atom stereocenters. The lowest BCUT2D eigenvalue weighted by Gasteiger charge is -2.25. The fourth-order valence-electron chi connectivity index (χ4n) is 2.54. The number of carbonyl (C=O) groups excluding carboxylic acids is 1. The summed E-state index contributed by atoms with van der Waals surface area (Å²) in [5.74, 6) is 0.639. The first-order chi connectivity index (χ1) is 11.0. The van der Waals surface area contributed by atoms with Crippen LogP contribution in [0.15, 0.2) is 18.5 Å². The van der Waals surface area contributed by atoms with Crippen molar-refractivity contribution < 1.29 is 4.79 Å². The largest absolute Gasteiger partial charge is 0.347 e. The van der Waals surface area contributed by atoms with Gasteiger partial charge < -0.3 is 9.80 Å². The number of aryl methyl sites for hydroxylation is 1. The minimum Gasteiger partial charge on any atom is -0.347 e. The normalized spacial score (nSPS) is 14.1. The zero-order valence-electron chi connectivity index (χ0n) is 13.6. The molecule has 7 nitrogen and oxygen atoms in total. The molecule has 1 aliphatic heterocycles. The third-order valence-corrected chi connectivity index (χ3v) is 3.92. The van der Waals surface area contributed by atoms with Gasteiger partial charge in [-0.2, -0.15) is 5.10 Å². The molecule has 0 fully saturated rings. The third-order valence-electron chi connectivity index (χ3n) is 3.92. The summed E-state index contributed by atoms with van der Waals surface area (Å²) in [5, 5.41) is 7.25. The summed E-state index contributed by atoms with van der Waals surface area (Å²) < 4.78 is 0. The van der Waals surface area contributed by atoms with E-state index in [9.17, 15) is 4.79 Å². The first-order valence-electron chi connectivity index (χ1n) is 7.53. The van der Waals surface area contributed by atoms with Crippen LogP contribution in [0.4, 0.5) is 5.95 Å². The zero-order chi connectivity index (χ0) is 16.4. The molecule has 0 aliphatic carbocycles. The number of fused-ring (bicyclic) bond motifs is 1. The highest BCUT2D eigenvalue weighted by molar-refractivity contribution is 5.91. The predicted molar refractivity (Wildman–Crippen MR) is 87.8 cm³/mol. The Morgan fingerprint density at radius 3 is 2.78 bits per heavy atom. The van der Waals surface area contributed by atoms with Crippen LogP contribution in [0.1, 0.15) is 22.5 Å². The Morgan fingerprint density at radius 1 is 1.35 bits per heavy atom. The Balaban J connectivity index is 1.66. The number of nitrogens with zero attached hydrogens (tertiary/aromatic N) is 5. The molecule has 7 heteroatoms. The maximum absolute atomic E-state index is 12.3. The number of hydrogen-bond donors (Lipinski definition) is 1. The summed E-state index contributed by atoms with van der Waals surface area (Å²) in [5.41, 5.74) is 4.05. The highest BCUT2D eigenvalue weighted by Crippen LogP contribution is 2.20. The van der Waals surface area contributed by atoms with Gasteiger partial charge in [-0.15, -0.1) is 0 Å². The van der Waals surface area contributed by atoms with Gasteiger partial charge in [-0.25, -0.2) is 9.97 Å². The van der Waals surface area contributed by atoms with Crippen molar-refractivity contribution in [3.63, 3.8) is 0 Å². The third kappa shape index (κ3) is 3.23. The quantitative estimate of drug-likeness (QED) is 0.861. The molecule has 0 atom stereocenters. The minimum absolute atomic E-state index is 0.00654. The number of hydrogen-bond acceptors (Lipinski definition) is 5. The van der Waals surface area contributed by atoms with E-state index in [1.165, 1.54) is 0 Å². The van der Waals surface area contributed by atoms with Gasteiger partial charge in [0.1, 0.15) is 0 Å². The van der Waals surface area contributed by atoms with Crippen molar-refractivity contribution >= 4 is 17.9 Å². The summed E-state index contributed by atoms with van der Waals surface area (Å²) in [4.78, 5) is 24.5. The van der Waals surface area contributed by atoms with Gasteiger partial charge >= 0.3 is 0 Å². The lowest BCUT2D eigenvalue weighted by molar-refractivity contribution is -0.126. The molecule has 0 aromatic carbocycles. The highest BCUT2D eigenvalue weighted by atomic mass is 16.2. The van der Waals surface area contributed by atoms with Crippen LogP contribution in [0.2, 0.25) is 0 Å². The second-order valence-corrected chi connectivity index (χ2v) is 5.83. The van der Waals surface area contributed by atoms with Gasteiger partial charge in [-0.05, 0) is 13.0 Å². The molecule has 0 radical (unpaired) electrons. The summed E-state index contributed by atoms with van der Waals surface area (Å²) in [6.07, 6.45) is 7.54. The van der Waals surface area contributed by atoms with Crippen LogP contribution < -0.4 is 4.90 Å². The Labute approximate surface area is 135 Å². The molecule has 120 valence electrons. The Bertz CT molecular complexity index is 732. The van der Waals surface area contributed by atoms with Crippen molar-refractivity contribution in [1.82, 2.24) is 25.1 Å². The Morgan fingerprint density at radius 2 is 2.09 bits per heavy atom. The van der Waals surface area contributed by atoms with Crippen molar-refractivity contribution in [2.45, 2.75) is 19.9 Å². The molecule has 3 rings (SSSR count). The van der Waals surface area contributed by atoms with Gasteiger partial charge in [0.05, 0.1) is 5.69 Å². The maximum Gasteiger partial charge on any atom is 0.246 e. The van der Waals surface area contributed by atoms with Crippen molar-refractivity contribution in [1.29, 1.82) is 0 Å². The topological polar surface area (TPSA) is 78.0 Å². The van der Waals surface area contributed by atoms with Crippen LogP contribution in [0.5, 0.6) is 0 Å². The summed E-state index contributed by atoms with van der Waals surface area (Å²) in [7, 11) is 3.77. The van der Waals surface area contributed by atoms with E-state index >= 15 is 0 Å². The van der Waals surface area contributed by atoms with Gasteiger partial charge in [-0.3, -0.25) is 9.89 Å². The molecule has 0 saturated heterocycles. The molecule has 1 N–H and O–H groups in total. The fourth-order valence-corrected chi connectivity index (χ4v) is 2.54. The van der Waals surface area contributed by atoms with Crippen LogP contribution in [-0.4, -0.2) is 51.6 Å². The molecule has 1 aliphatic rings. The number of aromatic amines is 1. The van der Waals surface area contributed by atoms with E-state index in [1.54, 1.807) is 24.5 Å². The lowest BCUT2D eigenvalue weighted by atomic mass is 10.1. The number of anilines is 1. The molecule has 2 aromatic rings. The Kier molecular flexibility index (Phi) is 4.10. The molecule has 1 amide bonds. The number of H-pyrrole nitrogens is 1. The van der Waals surface area contributed by atoms with Crippen LogP contribution in [0.25, 0.3) is 6.08 Å². The van der Waals surface area contributed by atoms with E-state index in [0.29, 0.717) is 19.0 Å². The number of nitrogens with one attached hydrogen (secondary N) is 1. The van der Waals surface area contributed by atoms with Crippen molar-refractivity contribution in [3.8, 4) is 0 Å². The average molecular weight is 312 g/mol. The number of carbonyl (C=O) groups is 1. The SMILES string of the molecule is Cc1[nH]nc2c1CN(C(=O)C=Cc1cnc(N(C)C)nc1)CC2. The van der Waals surface area contributed by atoms with E-state index in [4.69, 9.17) is 0 Å². The second-order valence-electron chi connectivity index (χ2n) is 5.83. The van der Waals surface area contributed by atoms with E-state index in [1.807, 2.05) is 30.8 Å². The predicted octanol–water partition coefficient (Wildman–Crippen LogP) is 1.17. The van der Waals surface area contributed by atoms with E-state index in [2.05, 4.69) is 20.2 Å². The van der Waals surface area contributed by atoms with E-state index in [0.717, 1.165) is 28.9 Å². The van der Waals surface area contributed by atoms with Crippen LogP contribution >= 0.6 is 0 Å².